The molecular formula is C22H25FN4O4. The zero-order valence-electron chi connectivity index (χ0n) is 17.2. The maximum Gasteiger partial charge on any atom is 0.248 e. The van der Waals surface area contributed by atoms with E-state index >= 15 is 0 Å². The molecule has 1 aromatic heterocycles. The third-order valence-electron chi connectivity index (χ3n) is 5.45. The maximum atomic E-state index is 14.1. The van der Waals surface area contributed by atoms with Crippen molar-refractivity contribution in [2.24, 2.45) is 0 Å². The van der Waals surface area contributed by atoms with Crippen molar-refractivity contribution in [1.29, 1.82) is 0 Å². The molecule has 2 aliphatic rings. The van der Waals surface area contributed by atoms with Gasteiger partial charge in [0.05, 0.1) is 43.5 Å². The van der Waals surface area contributed by atoms with E-state index in [0.717, 1.165) is 13.0 Å². The van der Waals surface area contributed by atoms with E-state index in [9.17, 15) is 14.0 Å². The van der Waals surface area contributed by atoms with Crippen molar-refractivity contribution in [1.82, 2.24) is 19.8 Å². The Balaban J connectivity index is 1.32. The van der Waals surface area contributed by atoms with Crippen LogP contribution in [0.2, 0.25) is 0 Å². The van der Waals surface area contributed by atoms with Crippen LogP contribution in [0.25, 0.3) is 11.3 Å². The van der Waals surface area contributed by atoms with Crippen LogP contribution in [0.3, 0.4) is 0 Å². The monoisotopic (exact) mass is 428 g/mol. The Morgan fingerprint density at radius 3 is 2.94 bits per heavy atom. The lowest BCUT2D eigenvalue weighted by Crippen LogP contribution is -2.44. The minimum atomic E-state index is -0.445. The van der Waals surface area contributed by atoms with E-state index in [-0.39, 0.29) is 24.2 Å². The molecule has 8 nitrogen and oxygen atoms in total. The molecule has 2 amide bonds. The third kappa shape index (κ3) is 5.23. The Morgan fingerprint density at radius 2 is 2.13 bits per heavy atom. The quantitative estimate of drug-likeness (QED) is 0.626. The Labute approximate surface area is 180 Å². The zero-order chi connectivity index (χ0) is 21.6. The zero-order valence-corrected chi connectivity index (χ0v) is 17.2. The minimum Gasteiger partial charge on any atom is -0.370 e. The van der Waals surface area contributed by atoms with Gasteiger partial charge in [0.15, 0.2) is 0 Å². The van der Waals surface area contributed by atoms with Gasteiger partial charge in [0.2, 0.25) is 11.8 Å². The fourth-order valence-electron chi connectivity index (χ4n) is 3.76. The van der Waals surface area contributed by atoms with E-state index in [1.165, 1.54) is 12.3 Å². The van der Waals surface area contributed by atoms with Crippen LogP contribution in [0, 0.1) is 5.82 Å². The molecular weight excluding hydrogens is 403 g/mol. The number of aromatic nitrogens is 2. The molecule has 9 heteroatoms. The number of benzene rings is 1. The number of hydrogen-bond acceptors (Lipinski definition) is 6. The van der Waals surface area contributed by atoms with Crippen molar-refractivity contribution in [3.05, 3.63) is 48.2 Å². The molecule has 0 bridgehead atoms. The molecule has 0 N–H and O–H groups in total. The van der Waals surface area contributed by atoms with Gasteiger partial charge in [0.1, 0.15) is 18.5 Å². The molecule has 0 unspecified atom stereocenters. The van der Waals surface area contributed by atoms with Gasteiger partial charge in [0, 0.05) is 31.6 Å². The van der Waals surface area contributed by atoms with E-state index in [4.69, 9.17) is 9.47 Å². The van der Waals surface area contributed by atoms with E-state index in [2.05, 4.69) is 9.97 Å². The predicted molar refractivity (Wildman–Crippen MR) is 109 cm³/mol. The molecule has 2 aliphatic heterocycles. The van der Waals surface area contributed by atoms with Crippen LogP contribution in [0.4, 0.5) is 4.39 Å². The van der Waals surface area contributed by atoms with Gasteiger partial charge in [-0.15, -0.1) is 0 Å². The average molecular weight is 428 g/mol. The highest BCUT2D eigenvalue weighted by atomic mass is 19.1. The highest BCUT2D eigenvalue weighted by molar-refractivity contribution is 5.78. The van der Waals surface area contributed by atoms with Crippen molar-refractivity contribution in [3.8, 4) is 11.3 Å². The molecule has 31 heavy (non-hydrogen) atoms. The summed E-state index contributed by atoms with van der Waals surface area (Å²) in [5.41, 5.74) is 1.33. The molecule has 2 fully saturated rings. The normalized spacial score (nSPS) is 19.1. The smallest absolute Gasteiger partial charge is 0.248 e. The van der Waals surface area contributed by atoms with Gasteiger partial charge in [-0.25, -0.2) is 9.37 Å². The number of morpholine rings is 1. The molecule has 4 rings (SSSR count). The first-order chi connectivity index (χ1) is 15.1. The van der Waals surface area contributed by atoms with Crippen LogP contribution in [0.1, 0.15) is 24.6 Å². The van der Waals surface area contributed by atoms with E-state index in [1.807, 2.05) is 0 Å². The Bertz CT molecular complexity index is 941. The van der Waals surface area contributed by atoms with E-state index in [1.54, 1.807) is 34.2 Å². The van der Waals surface area contributed by atoms with Gasteiger partial charge in [-0.3, -0.25) is 14.6 Å². The van der Waals surface area contributed by atoms with Crippen molar-refractivity contribution >= 4 is 11.8 Å². The molecule has 0 saturated carbocycles. The van der Waals surface area contributed by atoms with Gasteiger partial charge in [0.25, 0.3) is 0 Å². The number of rotatable bonds is 7. The standard InChI is InChI=1S/C22H25FN4O4/c23-17-5-2-1-4-16(17)18-12-24-13-19(25-18)20-14-27(9-11-31-20)22(29)15-30-10-8-26-7-3-6-21(26)28/h1-2,4-5,12-13,20H,3,6-11,14-15H2/t20-/m0/s1. The molecule has 3 heterocycles. The van der Waals surface area contributed by atoms with Crippen LogP contribution in [0.5, 0.6) is 0 Å². The van der Waals surface area contributed by atoms with Crippen molar-refractivity contribution in [2.75, 3.05) is 46.0 Å². The van der Waals surface area contributed by atoms with E-state index < -0.39 is 6.10 Å². The highest BCUT2D eigenvalue weighted by Crippen LogP contribution is 2.24. The average Bonchev–Trinajstić information content (AvgIpc) is 3.21. The number of ether oxygens (including phenoxy) is 2. The second-order valence-corrected chi connectivity index (χ2v) is 7.55. The van der Waals surface area contributed by atoms with Gasteiger partial charge in [-0.2, -0.15) is 0 Å². The van der Waals surface area contributed by atoms with Crippen molar-refractivity contribution < 1.29 is 23.5 Å². The summed E-state index contributed by atoms with van der Waals surface area (Å²) >= 11 is 0. The topological polar surface area (TPSA) is 84.9 Å². The molecule has 1 atom stereocenters. The van der Waals surface area contributed by atoms with Crippen LogP contribution < -0.4 is 0 Å². The second-order valence-electron chi connectivity index (χ2n) is 7.55. The Morgan fingerprint density at radius 1 is 1.26 bits per heavy atom. The Hall–Kier alpha value is -2.91. The summed E-state index contributed by atoms with van der Waals surface area (Å²) < 4.78 is 25.4. The lowest BCUT2D eigenvalue weighted by Gasteiger charge is -2.32. The van der Waals surface area contributed by atoms with E-state index in [0.29, 0.717) is 56.2 Å². The number of likely N-dealkylation sites (tertiary alicyclic amines) is 1. The molecule has 2 saturated heterocycles. The third-order valence-corrected chi connectivity index (χ3v) is 5.45. The number of carbonyl (C=O) groups excluding carboxylic acids is 2. The lowest BCUT2D eigenvalue weighted by atomic mass is 10.1. The summed E-state index contributed by atoms with van der Waals surface area (Å²) in [6.45, 7) is 2.71. The van der Waals surface area contributed by atoms with Crippen molar-refractivity contribution in [2.45, 2.75) is 18.9 Å². The summed E-state index contributed by atoms with van der Waals surface area (Å²) in [5, 5.41) is 0. The Kier molecular flexibility index (Phi) is 6.83. The number of halogens is 1. The fourth-order valence-corrected chi connectivity index (χ4v) is 3.76. The number of carbonyl (C=O) groups is 2. The predicted octanol–water partition coefficient (Wildman–Crippen LogP) is 1.82. The van der Waals surface area contributed by atoms with Crippen LogP contribution in [-0.2, 0) is 19.1 Å². The fraction of sp³-hybridized carbons (Fsp3) is 0.455. The van der Waals surface area contributed by atoms with Gasteiger partial charge in [-0.05, 0) is 18.6 Å². The SMILES string of the molecule is O=C1CCCN1CCOCC(=O)N1CCO[C@H](c2cncc(-c3ccccc3F)n2)C1. The van der Waals surface area contributed by atoms with Gasteiger partial charge < -0.3 is 19.3 Å². The highest BCUT2D eigenvalue weighted by Gasteiger charge is 2.27. The van der Waals surface area contributed by atoms with Gasteiger partial charge in [-0.1, -0.05) is 12.1 Å². The largest absolute Gasteiger partial charge is 0.370 e. The summed E-state index contributed by atoms with van der Waals surface area (Å²) in [4.78, 5) is 36.3. The summed E-state index contributed by atoms with van der Waals surface area (Å²) in [7, 11) is 0. The summed E-state index contributed by atoms with van der Waals surface area (Å²) in [5.74, 6) is -0.368. The number of amides is 2. The van der Waals surface area contributed by atoms with Crippen LogP contribution in [-0.4, -0.2) is 77.6 Å². The molecule has 0 aliphatic carbocycles. The van der Waals surface area contributed by atoms with Crippen LogP contribution >= 0.6 is 0 Å². The first-order valence-electron chi connectivity index (χ1n) is 10.4. The first-order valence-corrected chi connectivity index (χ1v) is 10.4. The lowest BCUT2D eigenvalue weighted by molar-refractivity contribution is -0.144. The van der Waals surface area contributed by atoms with Gasteiger partial charge >= 0.3 is 0 Å². The molecule has 2 aromatic rings. The van der Waals surface area contributed by atoms with Crippen LogP contribution in [0.15, 0.2) is 36.7 Å². The first kappa shape index (κ1) is 21.3. The summed E-state index contributed by atoms with van der Waals surface area (Å²) in [6, 6.07) is 6.38. The molecule has 1 aromatic carbocycles. The molecule has 0 spiro atoms. The van der Waals surface area contributed by atoms with Crippen molar-refractivity contribution in [3.63, 3.8) is 0 Å². The number of nitrogens with zero attached hydrogens (tertiary/aromatic N) is 4. The number of hydrogen-bond donors (Lipinski definition) is 0. The minimum absolute atomic E-state index is 0.0459. The molecule has 164 valence electrons. The second kappa shape index (κ2) is 9.93. The molecule has 0 radical (unpaired) electrons. The summed E-state index contributed by atoms with van der Waals surface area (Å²) in [6.07, 6.45) is 4.11. The maximum absolute atomic E-state index is 14.1.